The van der Waals surface area contributed by atoms with Gasteiger partial charge in [-0.15, -0.1) is 0 Å². The molecule has 1 fully saturated rings. The van der Waals surface area contributed by atoms with Gasteiger partial charge in [0.1, 0.15) is 11.5 Å². The van der Waals surface area contributed by atoms with E-state index in [4.69, 9.17) is 9.72 Å². The average Bonchev–Trinajstić information content (AvgIpc) is 3.66. The molecule has 3 aliphatic rings. The van der Waals surface area contributed by atoms with Crippen LogP contribution in [0.3, 0.4) is 0 Å². The zero-order valence-electron chi connectivity index (χ0n) is 34.4. The quantitative estimate of drug-likeness (QED) is 0.149. The Balaban J connectivity index is 1.10. The Labute approximate surface area is 368 Å². The summed E-state index contributed by atoms with van der Waals surface area (Å²) in [7, 11) is -2.91. The number of anilines is 3. The van der Waals surface area contributed by atoms with Crippen molar-refractivity contribution in [1.29, 1.82) is 0 Å². The van der Waals surface area contributed by atoms with Crippen LogP contribution >= 0.6 is 11.8 Å². The van der Waals surface area contributed by atoms with Gasteiger partial charge in [-0.25, -0.2) is 0 Å². The van der Waals surface area contributed by atoms with Crippen LogP contribution < -0.4 is 30.4 Å². The van der Waals surface area contributed by atoms with E-state index in [1.165, 1.54) is 90.9 Å². The minimum absolute atomic E-state index is 0.537. The van der Waals surface area contributed by atoms with E-state index in [1.54, 1.807) is 0 Å². The SMILES string of the molecule is c1ccc(-c2cccc(N(c3cccc([Si]4(c5ccccc5)c5ccccc5-c5c4ccc4c5Sc5ccccc5O4)c3)c3ccc(C4CCCCC4)c4ncccc34)c2)cc1. The lowest BCUT2D eigenvalue weighted by Gasteiger charge is -2.34. The van der Waals surface area contributed by atoms with Crippen LogP contribution in [-0.2, 0) is 0 Å². The molecule has 1 aliphatic carbocycles. The molecule has 298 valence electrons. The highest BCUT2D eigenvalue weighted by Gasteiger charge is 2.50. The van der Waals surface area contributed by atoms with E-state index in [0.29, 0.717) is 5.92 Å². The molecule has 0 radical (unpaired) electrons. The fraction of sp³-hybridized carbons (Fsp3) is 0.105. The summed E-state index contributed by atoms with van der Waals surface area (Å²) >= 11 is 1.84. The van der Waals surface area contributed by atoms with Crippen LogP contribution in [0.15, 0.2) is 210 Å². The number of para-hydroxylation sites is 1. The van der Waals surface area contributed by atoms with Crippen LogP contribution in [-0.4, -0.2) is 13.1 Å². The van der Waals surface area contributed by atoms with Crippen molar-refractivity contribution in [1.82, 2.24) is 4.98 Å². The Bertz CT molecular complexity index is 3150. The normalized spacial score (nSPS) is 16.5. The van der Waals surface area contributed by atoms with Crippen molar-refractivity contribution in [2.24, 2.45) is 0 Å². The summed E-state index contributed by atoms with van der Waals surface area (Å²) in [6.45, 7) is 0. The molecule has 3 heterocycles. The van der Waals surface area contributed by atoms with Crippen molar-refractivity contribution in [2.45, 2.75) is 47.8 Å². The number of rotatable bonds is 7. The first kappa shape index (κ1) is 37.1. The topological polar surface area (TPSA) is 25.4 Å². The molecule has 2 aliphatic heterocycles. The maximum absolute atomic E-state index is 6.65. The van der Waals surface area contributed by atoms with Gasteiger partial charge in [0, 0.05) is 23.0 Å². The molecule has 1 unspecified atom stereocenters. The third-order valence-corrected chi connectivity index (χ3v) is 19.4. The summed E-state index contributed by atoms with van der Waals surface area (Å²) < 4.78 is 6.65. The van der Waals surface area contributed by atoms with Crippen molar-refractivity contribution in [2.75, 3.05) is 4.90 Å². The third-order valence-electron chi connectivity index (χ3n) is 13.4. The molecule has 1 saturated carbocycles. The van der Waals surface area contributed by atoms with E-state index in [-0.39, 0.29) is 0 Å². The zero-order valence-corrected chi connectivity index (χ0v) is 36.2. The highest BCUT2D eigenvalue weighted by atomic mass is 32.2. The predicted molar refractivity (Wildman–Crippen MR) is 261 cm³/mol. The van der Waals surface area contributed by atoms with Gasteiger partial charge < -0.3 is 9.64 Å². The molecule has 0 saturated heterocycles. The third kappa shape index (κ3) is 5.98. The molecule has 5 heteroatoms. The Morgan fingerprint density at radius 3 is 2.15 bits per heavy atom. The molecule has 0 amide bonds. The smallest absolute Gasteiger partial charge is 0.180 e. The number of aromatic nitrogens is 1. The second kappa shape index (κ2) is 15.4. The molecule has 62 heavy (non-hydrogen) atoms. The molecule has 3 nitrogen and oxygen atoms in total. The summed E-state index contributed by atoms with van der Waals surface area (Å²) in [6, 6.07) is 72.0. The highest BCUT2D eigenvalue weighted by molar-refractivity contribution is 7.99. The molecule has 0 bridgehead atoms. The number of pyridine rings is 1. The molecule has 8 aromatic carbocycles. The van der Waals surface area contributed by atoms with E-state index in [9.17, 15) is 0 Å². The largest absolute Gasteiger partial charge is 0.455 e. The summed E-state index contributed by atoms with van der Waals surface area (Å²) in [4.78, 5) is 9.99. The van der Waals surface area contributed by atoms with Gasteiger partial charge in [-0.2, -0.15) is 0 Å². The van der Waals surface area contributed by atoms with E-state index in [1.807, 2.05) is 18.0 Å². The predicted octanol–water partition coefficient (Wildman–Crippen LogP) is 13.0. The fourth-order valence-electron chi connectivity index (χ4n) is 10.7. The molecular formula is C57H44N2OSSi. The lowest BCUT2D eigenvalue weighted by Crippen LogP contribution is -2.72. The summed E-state index contributed by atoms with van der Waals surface area (Å²) in [6.07, 6.45) is 8.33. The van der Waals surface area contributed by atoms with Gasteiger partial charge in [0.05, 0.1) is 21.0 Å². The van der Waals surface area contributed by atoms with Crippen LogP contribution in [0.1, 0.15) is 43.6 Å². The first-order valence-corrected chi connectivity index (χ1v) is 24.8. The number of hydrogen-bond donors (Lipinski definition) is 0. The molecule has 0 spiro atoms. The van der Waals surface area contributed by atoms with E-state index in [2.05, 4.69) is 199 Å². The summed E-state index contributed by atoms with van der Waals surface area (Å²) in [5.41, 5.74) is 10.9. The van der Waals surface area contributed by atoms with Gasteiger partial charge in [-0.05, 0) is 128 Å². The first-order valence-electron chi connectivity index (χ1n) is 22.0. The fourth-order valence-corrected chi connectivity index (χ4v) is 17.1. The van der Waals surface area contributed by atoms with Crippen LogP contribution in [0, 0.1) is 0 Å². The Morgan fingerprint density at radius 1 is 0.548 bits per heavy atom. The monoisotopic (exact) mass is 832 g/mol. The molecular weight excluding hydrogens is 789 g/mol. The van der Waals surface area contributed by atoms with E-state index in [0.717, 1.165) is 39.0 Å². The Kier molecular flexibility index (Phi) is 9.19. The number of fused-ring (bicyclic) bond motifs is 7. The summed E-state index contributed by atoms with van der Waals surface area (Å²) in [5, 5.41) is 6.71. The van der Waals surface area contributed by atoms with Gasteiger partial charge in [0.2, 0.25) is 0 Å². The average molecular weight is 833 g/mol. The lowest BCUT2D eigenvalue weighted by atomic mass is 9.83. The molecule has 0 N–H and O–H groups in total. The van der Waals surface area contributed by atoms with Crippen LogP contribution in [0.5, 0.6) is 11.5 Å². The van der Waals surface area contributed by atoms with Crippen LogP contribution in [0.2, 0.25) is 0 Å². The van der Waals surface area contributed by atoms with Crippen molar-refractivity contribution in [3.05, 3.63) is 206 Å². The molecule has 1 atom stereocenters. The Hall–Kier alpha value is -6.66. The zero-order chi connectivity index (χ0) is 41.0. The number of hydrogen-bond acceptors (Lipinski definition) is 4. The number of ether oxygens (including phenoxy) is 1. The number of nitrogens with zero attached hydrogens (tertiary/aromatic N) is 2. The van der Waals surface area contributed by atoms with Crippen molar-refractivity contribution in [3.8, 4) is 33.8 Å². The lowest BCUT2D eigenvalue weighted by molar-refractivity contribution is 0.445. The first-order chi connectivity index (χ1) is 30.8. The number of benzene rings is 8. The Morgan fingerprint density at radius 2 is 1.27 bits per heavy atom. The maximum Gasteiger partial charge on any atom is 0.180 e. The van der Waals surface area contributed by atoms with Crippen LogP contribution in [0.25, 0.3) is 33.2 Å². The maximum atomic E-state index is 6.65. The van der Waals surface area contributed by atoms with Crippen LogP contribution in [0.4, 0.5) is 17.1 Å². The van der Waals surface area contributed by atoms with Crippen molar-refractivity contribution < 1.29 is 4.74 Å². The highest BCUT2D eigenvalue weighted by Crippen LogP contribution is 2.52. The minimum Gasteiger partial charge on any atom is -0.455 e. The van der Waals surface area contributed by atoms with E-state index >= 15 is 0 Å². The van der Waals surface area contributed by atoms with Gasteiger partial charge in [-0.3, -0.25) is 4.98 Å². The van der Waals surface area contributed by atoms with Crippen molar-refractivity contribution >= 4 is 68.5 Å². The second-order valence-corrected chi connectivity index (χ2v) is 21.6. The summed E-state index contributed by atoms with van der Waals surface area (Å²) in [5.74, 6) is 2.38. The van der Waals surface area contributed by atoms with E-state index < -0.39 is 8.07 Å². The van der Waals surface area contributed by atoms with Gasteiger partial charge in [-0.1, -0.05) is 164 Å². The van der Waals surface area contributed by atoms with Gasteiger partial charge in [0.15, 0.2) is 8.07 Å². The van der Waals surface area contributed by atoms with Crippen molar-refractivity contribution in [3.63, 3.8) is 0 Å². The minimum atomic E-state index is -2.91. The second-order valence-electron chi connectivity index (χ2n) is 16.8. The standard InChI is InChI=1S/C57H44N2OSSi/c1-4-17-39(18-5-1)41-21-14-22-42(37-41)59(49-33-32-46(40-19-6-2-7-20-40)56-47(49)28-16-36-58-56)43-23-15-26-45(38-43)62(44-24-8-3-9-25-44)53-31-13-10-27-48(53)55-54(62)35-34-51-57(55)61-52-30-12-11-29-50(52)60-51/h1,3-5,8-18,21-38,40H,2,6-7,19-20H2. The van der Waals surface area contributed by atoms with Gasteiger partial charge in [0.25, 0.3) is 0 Å². The molecule has 9 aromatic rings. The molecule has 12 rings (SSSR count). The van der Waals surface area contributed by atoms with Gasteiger partial charge >= 0.3 is 0 Å². The molecule has 1 aromatic heterocycles.